The van der Waals surface area contributed by atoms with Crippen molar-refractivity contribution < 1.29 is 102 Å². The van der Waals surface area contributed by atoms with E-state index in [1.54, 1.807) is 74.8 Å². The van der Waals surface area contributed by atoms with E-state index in [1.165, 1.54) is 49.4 Å². The first-order chi connectivity index (χ1) is 58.0. The van der Waals surface area contributed by atoms with E-state index in [4.69, 9.17) is 11.5 Å². The zero-order valence-corrected chi connectivity index (χ0v) is 70.8. The summed E-state index contributed by atoms with van der Waals surface area (Å²) in [5.41, 5.74) is 13.5. The second kappa shape index (κ2) is 43.9. The van der Waals surface area contributed by atoms with Gasteiger partial charge in [0.1, 0.15) is 73.0 Å². The zero-order valence-electron chi connectivity index (χ0n) is 69.1. The van der Waals surface area contributed by atoms with Crippen molar-refractivity contribution in [3.05, 3.63) is 72.1 Å². The van der Waals surface area contributed by atoms with Gasteiger partial charge in [-0.1, -0.05) is 64.1 Å². The number of fused-ring (bicyclic) bond motifs is 8. The predicted octanol–water partition coefficient (Wildman–Crippen LogP) is -6.09. The van der Waals surface area contributed by atoms with Crippen molar-refractivity contribution in [2.24, 2.45) is 23.3 Å². The molecule has 5 aliphatic heterocycles. The molecule has 20 N–H and O–H groups in total. The standard InChI is InChI=1S/C79H111N21O20S2/c1-41(2)65-77(118)89-53(32-64(107)108)71(112)84-35-63(106)100-57(31-46-34-83-50-17-11-9-15-48(46)50)76(117)93-66(42(3)4)79(120)99-25-13-19-56(99)75(116)90-54(68(81)109)37-121-28-22-61(104)96-26-27-97(40-98(100)39-96)62(105)23-29-122-38-55(91-69(110)43(5)85-59(102)36-95(7)60(103)21-24-80)74(115)94-67-58(101)20-12-18-51(87-78(67)119)72(113)86-44(6)70(111)88-52(73(114)92-65)30-45-33-82-49-16-10-8-14-47(45)49/h8-11,14-17,33-34,41-44,51-58,65-67,82-83,101H,12-13,18-32,35-40,80H2,1-7H3,(H2,81,109)(H,84,112)(H,85,102)(H,86,113)(H,87,119)(H,88,111)(H,89,118)(H,90,116)(H,91,110)(H,92,114)(H,93,117)(H,94,115)(H,107,108)/p+1/t43-,44-,51-,52-,53-,54-,55-,56-,57-,58+,65-,66-,67-/m0/s1. The first-order valence-electron chi connectivity index (χ1n) is 40.7. The summed E-state index contributed by atoms with van der Waals surface area (Å²) in [5.74, 6) is -19.1. The lowest BCUT2D eigenvalue weighted by Gasteiger charge is -2.39. The fourth-order valence-electron chi connectivity index (χ4n) is 15.1. The van der Waals surface area contributed by atoms with Crippen LogP contribution in [0.25, 0.3) is 21.8 Å². The summed E-state index contributed by atoms with van der Waals surface area (Å²) in [4.78, 5) is 272. The molecule has 7 heterocycles. The van der Waals surface area contributed by atoms with E-state index in [0.717, 1.165) is 33.4 Å². The molecule has 0 saturated carbocycles. The number of aliphatic hydroxyl groups excluding tert-OH is 1. The number of carbonyl (C=O) groups is 18. The monoisotopic (exact) mass is 1740 g/mol. The molecule has 1 unspecified atom stereocenters. The number of primary amides is 1. The fourth-order valence-corrected chi connectivity index (χ4v) is 17.0. The van der Waals surface area contributed by atoms with Crippen LogP contribution in [0.4, 0.5) is 0 Å². The van der Waals surface area contributed by atoms with E-state index in [-0.39, 0.29) is 93.4 Å². The second-order valence-corrected chi connectivity index (χ2v) is 34.0. The summed E-state index contributed by atoms with van der Waals surface area (Å²) >= 11 is 2.03. The smallest absolute Gasteiger partial charge is 0.305 e. The van der Waals surface area contributed by atoms with E-state index in [9.17, 15) is 77.3 Å². The Balaban J connectivity index is 1.14. The average molecular weight is 1740 g/mol. The maximum atomic E-state index is 16.2. The molecule has 5 aliphatic rings. The van der Waals surface area contributed by atoms with Crippen molar-refractivity contribution in [2.45, 2.75) is 191 Å². The van der Waals surface area contributed by atoms with Crippen molar-refractivity contribution in [2.75, 3.05) is 82.7 Å². The summed E-state index contributed by atoms with van der Waals surface area (Å²) in [6, 6.07) is -4.70. The number of thioether (sulfide) groups is 2. The van der Waals surface area contributed by atoms with Gasteiger partial charge in [-0.2, -0.15) is 33.5 Å². The average Bonchev–Trinajstić information content (AvgIpc) is 1.64. The number of rotatable bonds is 16. The molecule has 0 spiro atoms. The second-order valence-electron chi connectivity index (χ2n) is 31.7. The molecule has 14 atom stereocenters. The largest absolute Gasteiger partial charge is 0.481 e. The van der Waals surface area contributed by atoms with Crippen LogP contribution in [0, 0.1) is 11.8 Å². The minimum absolute atomic E-state index is 0.00537. The van der Waals surface area contributed by atoms with Crippen LogP contribution in [0.5, 0.6) is 0 Å². The first-order valence-corrected chi connectivity index (χ1v) is 43.0. The Bertz CT molecular complexity index is 4560. The number of nitrogens with two attached hydrogens (primary N) is 2. The number of aromatic nitrogens is 2. The molecule has 5 bridgehead atoms. The molecule has 9 rings (SSSR count). The Labute approximate surface area is 711 Å². The molecule has 0 aliphatic carbocycles. The van der Waals surface area contributed by atoms with Gasteiger partial charge in [0.25, 0.3) is 5.91 Å². The lowest BCUT2D eigenvalue weighted by Crippen LogP contribution is -3.22. The third kappa shape index (κ3) is 25.1. The number of H-pyrrole nitrogens is 2. The van der Waals surface area contributed by atoms with Gasteiger partial charge in [0.05, 0.1) is 19.1 Å². The number of carbonyl (C=O) groups excluding carboxylic acids is 17. The molecule has 122 heavy (non-hydrogen) atoms. The summed E-state index contributed by atoms with van der Waals surface area (Å²) < 4.78 is 0. The van der Waals surface area contributed by atoms with Gasteiger partial charge < -0.3 is 99.9 Å². The number of hydrogen-bond donors (Lipinski definition) is 18. The lowest BCUT2D eigenvalue weighted by molar-refractivity contribution is -1.02. The van der Waals surface area contributed by atoms with Gasteiger partial charge in [0.2, 0.25) is 94.5 Å². The van der Waals surface area contributed by atoms with Crippen molar-refractivity contribution >= 4 is 152 Å². The number of aliphatic carboxylic acids is 1. The molecule has 0 radical (unpaired) electrons. The number of carboxylic acids is 1. The molecule has 2 aromatic carbocycles. The quantitative estimate of drug-likeness (QED) is 0.0496. The Morgan fingerprint density at radius 2 is 1.22 bits per heavy atom. The topological polar surface area (TPSA) is 584 Å². The number of quaternary nitrogens is 1. The molecule has 17 amide bonds. The molecule has 4 aromatic rings. The van der Waals surface area contributed by atoms with Crippen LogP contribution < -0.4 is 75.0 Å². The highest BCUT2D eigenvalue weighted by Gasteiger charge is 2.47. The summed E-state index contributed by atoms with van der Waals surface area (Å²) in [6.07, 6.45) is -0.739. The van der Waals surface area contributed by atoms with Crippen LogP contribution in [0.3, 0.4) is 0 Å². The minimum atomic E-state index is -2.04. The van der Waals surface area contributed by atoms with Crippen LogP contribution in [0.2, 0.25) is 0 Å². The van der Waals surface area contributed by atoms with Gasteiger partial charge in [0, 0.05) is 123 Å². The Hall–Kier alpha value is -11.4. The fraction of sp³-hybridized carbons (Fsp3) is 0.570. The number of para-hydroxylation sites is 2. The number of aromatic amines is 2. The number of amides is 17. The number of hydrogen-bond acceptors (Lipinski definition) is 22. The van der Waals surface area contributed by atoms with Gasteiger partial charge in [-0.25, -0.2) is 0 Å². The lowest BCUT2D eigenvalue weighted by atomic mass is 9.97. The van der Waals surface area contributed by atoms with Crippen LogP contribution in [-0.2, 0) is 99.1 Å². The highest BCUT2D eigenvalue weighted by Crippen LogP contribution is 2.26. The van der Waals surface area contributed by atoms with E-state index in [2.05, 4.69) is 68.5 Å². The normalized spacial score (nSPS) is 26.2. The van der Waals surface area contributed by atoms with Gasteiger partial charge in [0.15, 0.2) is 19.4 Å². The summed E-state index contributed by atoms with van der Waals surface area (Å²) in [7, 11) is 1.35. The van der Waals surface area contributed by atoms with Gasteiger partial charge >= 0.3 is 5.97 Å². The Morgan fingerprint density at radius 1 is 0.623 bits per heavy atom. The number of carboxylic acid groups (broad SMARTS) is 1. The Kier molecular flexibility index (Phi) is 33.9. The maximum absolute atomic E-state index is 16.2. The van der Waals surface area contributed by atoms with Crippen LogP contribution in [-0.4, -0.2) is 312 Å². The van der Waals surface area contributed by atoms with Gasteiger partial charge in [-0.15, -0.1) is 0 Å². The number of nitrogens with zero attached hydrogens (tertiary/aromatic N) is 5. The molecular formula is C79H112N21O20S2+. The highest BCUT2D eigenvalue weighted by atomic mass is 32.2. The SMILES string of the molecule is CC(C)[C@@H]1NC(=O)[C@H](Cc2c[nH]c3ccccc23)NC(=O)[C@H](C)NC(=O)[C@@H]2CCC[C@@H](O)[C@H](NC(=O)[C@@H](NC(=O)[C@H](C)NC(=O)CN(C)C(=O)CCN)CSCCC(=O)N3CCN4C[NH+](C3)N(C(=O)CNC(=O)[C@H](CC(=O)O)NC1=O)[C@@H](Cc1c[nH]c3ccccc13)C(=O)N[C@@H](C(C)C)C(=O)N1CCC[C@H]1C(=O)N[C@H](C(N)=O)CSCCC4=O)C(=O)N2. The maximum Gasteiger partial charge on any atom is 0.305 e. The predicted molar refractivity (Wildman–Crippen MR) is 443 cm³/mol. The highest BCUT2D eigenvalue weighted by molar-refractivity contribution is 7.99. The van der Waals surface area contributed by atoms with E-state index < -0.39 is 248 Å². The summed E-state index contributed by atoms with van der Waals surface area (Å²) in [6.45, 7) is 5.71. The van der Waals surface area contributed by atoms with Gasteiger partial charge in [-0.3, -0.25) is 96.1 Å². The van der Waals surface area contributed by atoms with E-state index in [0.29, 0.717) is 39.4 Å². The molecule has 5 fully saturated rings. The molecule has 2 aromatic heterocycles. The zero-order chi connectivity index (χ0) is 88.9. The van der Waals surface area contributed by atoms with Crippen LogP contribution in [0.1, 0.15) is 110 Å². The third-order valence-electron chi connectivity index (χ3n) is 21.9. The number of benzene rings is 2. The molecule has 664 valence electrons. The van der Waals surface area contributed by atoms with Crippen LogP contribution >= 0.6 is 23.5 Å². The van der Waals surface area contributed by atoms with Crippen molar-refractivity contribution in [1.29, 1.82) is 0 Å². The van der Waals surface area contributed by atoms with Crippen LogP contribution in [0.15, 0.2) is 60.9 Å². The molecule has 43 heteroatoms. The minimum Gasteiger partial charge on any atom is -0.481 e. The summed E-state index contributed by atoms with van der Waals surface area (Å²) in [5, 5.41) is 52.5. The van der Waals surface area contributed by atoms with Crippen molar-refractivity contribution in [1.82, 2.24) is 93.1 Å². The Morgan fingerprint density at radius 3 is 1.83 bits per heavy atom. The molecule has 5 saturated heterocycles. The van der Waals surface area contributed by atoms with E-state index in [1.807, 2.05) is 0 Å². The van der Waals surface area contributed by atoms with E-state index >= 15 is 19.2 Å². The number of aliphatic hydroxyl groups is 1. The number of nitrogens with one attached hydrogen (secondary N) is 14. The first kappa shape index (κ1) is 94.4. The molecular weight excluding hydrogens is 1630 g/mol. The number of likely N-dealkylation sites (N-methyl/N-ethyl adjacent to an activating group) is 1. The molecule has 41 nitrogen and oxygen atoms in total. The van der Waals surface area contributed by atoms with Crippen molar-refractivity contribution in [3.63, 3.8) is 0 Å². The van der Waals surface area contributed by atoms with Crippen molar-refractivity contribution in [3.8, 4) is 0 Å². The third-order valence-corrected chi connectivity index (χ3v) is 24.1. The van der Waals surface area contributed by atoms with Gasteiger partial charge in [-0.05, 0) is 81.0 Å².